The van der Waals surface area contributed by atoms with Gasteiger partial charge in [0.2, 0.25) is 5.91 Å². The Bertz CT molecular complexity index is 801. The summed E-state index contributed by atoms with van der Waals surface area (Å²) in [6, 6.07) is 19.7. The molecule has 1 aliphatic heterocycles. The molecule has 0 saturated carbocycles. The van der Waals surface area contributed by atoms with Crippen molar-refractivity contribution in [2.45, 2.75) is 52.3 Å². The first-order chi connectivity index (χ1) is 12.8. The molecule has 3 rings (SSSR count). The van der Waals surface area contributed by atoms with E-state index in [9.17, 15) is 9.59 Å². The molecule has 2 aromatic carbocycles. The second kappa shape index (κ2) is 7.55. The topological polar surface area (TPSA) is 46.6 Å². The summed E-state index contributed by atoms with van der Waals surface area (Å²) >= 11 is 0. The summed E-state index contributed by atoms with van der Waals surface area (Å²) < 4.78 is 5.76. The fourth-order valence-electron chi connectivity index (χ4n) is 4.33. The van der Waals surface area contributed by atoms with Crippen LogP contribution in [0.4, 0.5) is 0 Å². The number of nitrogens with zero attached hydrogens (tertiary/aromatic N) is 1. The highest BCUT2D eigenvalue weighted by atomic mass is 16.5. The Morgan fingerprint density at radius 3 is 1.93 bits per heavy atom. The fourth-order valence-corrected chi connectivity index (χ4v) is 4.33. The molecule has 3 atom stereocenters. The van der Waals surface area contributed by atoms with Gasteiger partial charge >= 0.3 is 5.97 Å². The molecule has 0 spiro atoms. The number of rotatable bonds is 3. The Balaban J connectivity index is 2.15. The summed E-state index contributed by atoms with van der Waals surface area (Å²) in [6.45, 7) is 7.22. The molecule has 1 saturated heterocycles. The Hall–Kier alpha value is -2.62. The maximum Gasteiger partial charge on any atom is 0.302 e. The van der Waals surface area contributed by atoms with Crippen molar-refractivity contribution in [2.75, 3.05) is 0 Å². The largest absolute Gasteiger partial charge is 0.462 e. The monoisotopic (exact) mass is 365 g/mol. The average molecular weight is 365 g/mol. The van der Waals surface area contributed by atoms with E-state index in [4.69, 9.17) is 4.74 Å². The molecule has 27 heavy (non-hydrogen) atoms. The zero-order valence-electron chi connectivity index (χ0n) is 16.4. The number of amides is 1. The summed E-state index contributed by atoms with van der Waals surface area (Å²) in [4.78, 5) is 26.6. The standard InChI is InChI=1S/C23H27NO3/c1-16(25)24-20(18-11-7-5-8-12-18)15-21(27-17(2)26)23(3,4)22(24)19-13-9-6-10-14-19/h5-14,20-22H,15H2,1-4H3. The second-order valence-corrected chi connectivity index (χ2v) is 7.82. The van der Waals surface area contributed by atoms with E-state index in [-0.39, 0.29) is 30.1 Å². The lowest BCUT2D eigenvalue weighted by atomic mass is 9.68. The Labute approximate surface area is 161 Å². The van der Waals surface area contributed by atoms with E-state index in [1.807, 2.05) is 65.6 Å². The first-order valence-corrected chi connectivity index (χ1v) is 9.38. The van der Waals surface area contributed by atoms with Crippen molar-refractivity contribution in [3.63, 3.8) is 0 Å². The normalized spacial score (nSPS) is 24.3. The molecule has 0 N–H and O–H groups in total. The van der Waals surface area contributed by atoms with E-state index in [1.54, 1.807) is 6.92 Å². The third-order valence-corrected chi connectivity index (χ3v) is 5.56. The van der Waals surface area contributed by atoms with Crippen molar-refractivity contribution in [3.05, 3.63) is 71.8 Å². The van der Waals surface area contributed by atoms with E-state index >= 15 is 0 Å². The van der Waals surface area contributed by atoms with Gasteiger partial charge in [-0.1, -0.05) is 74.5 Å². The van der Waals surface area contributed by atoms with Crippen LogP contribution in [0.15, 0.2) is 60.7 Å². The van der Waals surface area contributed by atoms with Crippen LogP contribution in [0, 0.1) is 5.41 Å². The van der Waals surface area contributed by atoms with E-state index < -0.39 is 5.41 Å². The van der Waals surface area contributed by atoms with Gasteiger partial charge in [0.1, 0.15) is 6.10 Å². The van der Waals surface area contributed by atoms with Crippen molar-refractivity contribution in [2.24, 2.45) is 5.41 Å². The van der Waals surface area contributed by atoms with Crippen LogP contribution in [0.5, 0.6) is 0 Å². The molecule has 1 heterocycles. The number of ether oxygens (including phenoxy) is 1. The van der Waals surface area contributed by atoms with Crippen LogP contribution in [0.25, 0.3) is 0 Å². The molecule has 3 unspecified atom stereocenters. The minimum atomic E-state index is -0.427. The Morgan fingerprint density at radius 1 is 0.926 bits per heavy atom. The van der Waals surface area contributed by atoms with Gasteiger partial charge in [-0.15, -0.1) is 0 Å². The zero-order chi connectivity index (χ0) is 19.6. The van der Waals surface area contributed by atoms with Crippen LogP contribution < -0.4 is 0 Å². The molecule has 1 fully saturated rings. The summed E-state index contributed by atoms with van der Waals surface area (Å²) in [5.74, 6) is -0.268. The molecule has 0 aromatic heterocycles. The summed E-state index contributed by atoms with van der Waals surface area (Å²) in [5.41, 5.74) is 1.68. The van der Waals surface area contributed by atoms with Crippen LogP contribution in [-0.4, -0.2) is 22.9 Å². The SMILES string of the molecule is CC(=O)OC1CC(c2ccccc2)N(C(C)=O)C(c2ccccc2)C1(C)C. The molecule has 1 aliphatic rings. The lowest BCUT2D eigenvalue weighted by Gasteiger charge is -2.54. The number of esters is 1. The van der Waals surface area contributed by atoms with Crippen molar-refractivity contribution >= 4 is 11.9 Å². The quantitative estimate of drug-likeness (QED) is 0.742. The third-order valence-electron chi connectivity index (χ3n) is 5.56. The van der Waals surface area contributed by atoms with Crippen molar-refractivity contribution in [1.82, 2.24) is 4.90 Å². The minimum absolute atomic E-state index is 0.0204. The zero-order valence-corrected chi connectivity index (χ0v) is 16.4. The van der Waals surface area contributed by atoms with Crippen LogP contribution in [0.2, 0.25) is 0 Å². The number of likely N-dealkylation sites (tertiary alicyclic amines) is 1. The minimum Gasteiger partial charge on any atom is -0.462 e. The first kappa shape index (κ1) is 19.2. The first-order valence-electron chi connectivity index (χ1n) is 9.38. The van der Waals surface area contributed by atoms with Crippen LogP contribution in [0.3, 0.4) is 0 Å². The number of hydrogen-bond acceptors (Lipinski definition) is 3. The third kappa shape index (κ3) is 3.75. The molecule has 1 amide bonds. The molecular weight excluding hydrogens is 338 g/mol. The average Bonchev–Trinajstić information content (AvgIpc) is 2.63. The van der Waals surface area contributed by atoms with E-state index in [1.165, 1.54) is 6.92 Å². The molecule has 0 aliphatic carbocycles. The highest BCUT2D eigenvalue weighted by Crippen LogP contribution is 2.52. The number of hydrogen-bond donors (Lipinski definition) is 0. The maximum atomic E-state index is 12.8. The molecule has 2 aromatic rings. The smallest absolute Gasteiger partial charge is 0.302 e. The van der Waals surface area contributed by atoms with Crippen LogP contribution in [0.1, 0.15) is 57.3 Å². The van der Waals surface area contributed by atoms with Gasteiger partial charge in [-0.2, -0.15) is 0 Å². The number of piperidine rings is 1. The van der Waals surface area contributed by atoms with Crippen molar-refractivity contribution < 1.29 is 14.3 Å². The van der Waals surface area contributed by atoms with Crippen molar-refractivity contribution in [1.29, 1.82) is 0 Å². The Kier molecular flexibility index (Phi) is 5.36. The van der Waals surface area contributed by atoms with E-state index in [2.05, 4.69) is 13.8 Å². The molecular formula is C23H27NO3. The summed E-state index contributed by atoms with van der Waals surface area (Å²) in [7, 11) is 0. The molecule has 142 valence electrons. The van der Waals surface area contributed by atoms with Gasteiger partial charge in [0.05, 0.1) is 12.1 Å². The summed E-state index contributed by atoms with van der Waals surface area (Å²) in [5, 5.41) is 0. The predicted molar refractivity (Wildman–Crippen MR) is 105 cm³/mol. The van der Waals surface area contributed by atoms with E-state index in [0.29, 0.717) is 6.42 Å². The highest BCUT2D eigenvalue weighted by Gasteiger charge is 2.51. The fraction of sp³-hybridized carbons (Fsp3) is 0.391. The maximum absolute atomic E-state index is 12.8. The predicted octanol–water partition coefficient (Wildman–Crippen LogP) is 4.68. The van der Waals surface area contributed by atoms with E-state index in [0.717, 1.165) is 11.1 Å². The van der Waals surface area contributed by atoms with Gasteiger partial charge in [-0.25, -0.2) is 0 Å². The van der Waals surface area contributed by atoms with Gasteiger partial charge in [-0.3, -0.25) is 9.59 Å². The number of carbonyl (C=O) groups is 2. The lowest BCUT2D eigenvalue weighted by molar-refractivity contribution is -0.173. The number of carbonyl (C=O) groups excluding carboxylic acids is 2. The second-order valence-electron chi connectivity index (χ2n) is 7.82. The van der Waals surface area contributed by atoms with Crippen LogP contribution >= 0.6 is 0 Å². The molecule has 4 heteroatoms. The number of benzene rings is 2. The van der Waals surface area contributed by atoms with Gasteiger partial charge in [0, 0.05) is 25.7 Å². The van der Waals surface area contributed by atoms with Gasteiger partial charge < -0.3 is 9.64 Å². The molecule has 0 radical (unpaired) electrons. The van der Waals surface area contributed by atoms with Crippen molar-refractivity contribution in [3.8, 4) is 0 Å². The lowest BCUT2D eigenvalue weighted by Crippen LogP contribution is -2.54. The molecule has 0 bridgehead atoms. The van der Waals surface area contributed by atoms with Gasteiger partial charge in [0.25, 0.3) is 0 Å². The highest BCUT2D eigenvalue weighted by molar-refractivity contribution is 5.75. The van der Waals surface area contributed by atoms with Gasteiger partial charge in [0.15, 0.2) is 0 Å². The molecule has 4 nitrogen and oxygen atoms in total. The summed E-state index contributed by atoms with van der Waals surface area (Å²) in [6.07, 6.45) is 0.292. The van der Waals surface area contributed by atoms with Gasteiger partial charge in [-0.05, 0) is 11.1 Å². The van der Waals surface area contributed by atoms with Crippen LogP contribution in [-0.2, 0) is 14.3 Å². The Morgan fingerprint density at radius 2 is 1.44 bits per heavy atom.